The number of hydrogen-bond acceptors (Lipinski definition) is 3. The summed E-state index contributed by atoms with van der Waals surface area (Å²) in [5.74, 6) is -0.666. The maximum Gasteiger partial charge on any atom is 0.251 e. The molecule has 0 atom stereocenters. The molecule has 0 unspecified atom stereocenters. The molecule has 0 saturated heterocycles. The minimum atomic E-state index is -0.293. The monoisotopic (exact) mass is 429 g/mol. The number of benzene rings is 3. The van der Waals surface area contributed by atoms with Crippen molar-refractivity contribution in [1.29, 1.82) is 0 Å². The molecular weight excluding hydrogens is 402 g/mol. The molecule has 32 heavy (non-hydrogen) atoms. The average molecular weight is 430 g/mol. The van der Waals surface area contributed by atoms with E-state index in [0.29, 0.717) is 24.9 Å². The van der Waals surface area contributed by atoms with E-state index in [1.807, 2.05) is 78.9 Å². The first-order valence-electron chi connectivity index (χ1n) is 10.6. The van der Waals surface area contributed by atoms with Gasteiger partial charge in [-0.25, -0.2) is 0 Å². The van der Waals surface area contributed by atoms with E-state index < -0.39 is 0 Å². The van der Waals surface area contributed by atoms with E-state index in [1.165, 1.54) is 0 Å². The van der Waals surface area contributed by atoms with E-state index in [2.05, 4.69) is 16.0 Å². The van der Waals surface area contributed by atoms with Gasteiger partial charge in [-0.2, -0.15) is 0 Å². The number of carbonyl (C=O) groups is 3. The SMILES string of the molecule is O=C(CCc1ccccc1)NCC(=O)NCCNC(=O)c1cccc(-c2ccccc2)c1. The highest BCUT2D eigenvalue weighted by Gasteiger charge is 2.08. The van der Waals surface area contributed by atoms with Crippen molar-refractivity contribution in [3.05, 3.63) is 96.1 Å². The minimum absolute atomic E-state index is 0.0826. The third-order valence-corrected chi connectivity index (χ3v) is 4.89. The molecule has 6 heteroatoms. The molecule has 164 valence electrons. The van der Waals surface area contributed by atoms with Crippen molar-refractivity contribution in [3.63, 3.8) is 0 Å². The van der Waals surface area contributed by atoms with Gasteiger partial charge in [0.25, 0.3) is 5.91 Å². The van der Waals surface area contributed by atoms with Crippen LogP contribution in [0.5, 0.6) is 0 Å². The van der Waals surface area contributed by atoms with Gasteiger partial charge in [-0.1, -0.05) is 72.8 Å². The van der Waals surface area contributed by atoms with Gasteiger partial charge >= 0.3 is 0 Å². The van der Waals surface area contributed by atoms with Gasteiger partial charge < -0.3 is 16.0 Å². The molecule has 0 aliphatic rings. The summed E-state index contributed by atoms with van der Waals surface area (Å²) < 4.78 is 0. The Balaban J connectivity index is 1.33. The number of nitrogens with one attached hydrogen (secondary N) is 3. The predicted molar refractivity (Wildman–Crippen MR) is 125 cm³/mol. The van der Waals surface area contributed by atoms with E-state index in [1.54, 1.807) is 6.07 Å². The molecule has 0 aliphatic heterocycles. The van der Waals surface area contributed by atoms with Crippen molar-refractivity contribution in [2.24, 2.45) is 0 Å². The van der Waals surface area contributed by atoms with Crippen molar-refractivity contribution in [3.8, 4) is 11.1 Å². The fraction of sp³-hybridized carbons (Fsp3) is 0.192. The molecular formula is C26H27N3O3. The summed E-state index contributed by atoms with van der Waals surface area (Å²) in [6.07, 6.45) is 0.960. The lowest BCUT2D eigenvalue weighted by atomic mass is 10.0. The topological polar surface area (TPSA) is 87.3 Å². The van der Waals surface area contributed by atoms with E-state index in [0.717, 1.165) is 16.7 Å². The van der Waals surface area contributed by atoms with Crippen molar-refractivity contribution in [2.45, 2.75) is 12.8 Å². The van der Waals surface area contributed by atoms with Crippen LogP contribution in [-0.2, 0) is 16.0 Å². The molecule has 0 aromatic heterocycles. The van der Waals surface area contributed by atoms with Crippen molar-refractivity contribution in [2.75, 3.05) is 19.6 Å². The molecule has 3 N–H and O–H groups in total. The predicted octanol–water partition coefficient (Wildman–Crippen LogP) is 2.95. The molecule has 3 aromatic rings. The second-order valence-corrected chi connectivity index (χ2v) is 7.32. The third-order valence-electron chi connectivity index (χ3n) is 4.89. The molecule has 3 rings (SSSR count). The second kappa shape index (κ2) is 12.1. The molecule has 0 fully saturated rings. The Morgan fingerprint density at radius 3 is 2.03 bits per heavy atom. The maximum absolute atomic E-state index is 12.4. The smallest absolute Gasteiger partial charge is 0.251 e. The van der Waals surface area contributed by atoms with Gasteiger partial charge in [0.05, 0.1) is 6.54 Å². The Morgan fingerprint density at radius 1 is 0.625 bits per heavy atom. The molecule has 6 nitrogen and oxygen atoms in total. The summed E-state index contributed by atoms with van der Waals surface area (Å²) >= 11 is 0. The number of hydrogen-bond donors (Lipinski definition) is 3. The minimum Gasteiger partial charge on any atom is -0.353 e. The third kappa shape index (κ3) is 7.40. The fourth-order valence-corrected chi connectivity index (χ4v) is 3.18. The summed E-state index contributed by atoms with van der Waals surface area (Å²) in [5.41, 5.74) is 3.65. The van der Waals surface area contributed by atoms with Crippen LogP contribution in [-0.4, -0.2) is 37.4 Å². The van der Waals surface area contributed by atoms with Crippen LogP contribution in [0.3, 0.4) is 0 Å². The molecule has 0 heterocycles. The number of carbonyl (C=O) groups excluding carboxylic acids is 3. The largest absolute Gasteiger partial charge is 0.353 e. The van der Waals surface area contributed by atoms with Gasteiger partial charge in [-0.3, -0.25) is 14.4 Å². The van der Waals surface area contributed by atoms with Crippen LogP contribution in [0.4, 0.5) is 0 Å². The number of amides is 3. The highest BCUT2D eigenvalue weighted by molar-refractivity contribution is 5.95. The lowest BCUT2D eigenvalue weighted by molar-refractivity contribution is -0.126. The second-order valence-electron chi connectivity index (χ2n) is 7.32. The van der Waals surface area contributed by atoms with Crippen LogP contribution in [0.15, 0.2) is 84.9 Å². The maximum atomic E-state index is 12.4. The highest BCUT2D eigenvalue weighted by Crippen LogP contribution is 2.19. The van der Waals surface area contributed by atoms with E-state index >= 15 is 0 Å². The van der Waals surface area contributed by atoms with Gasteiger partial charge in [-0.05, 0) is 35.2 Å². The first kappa shape index (κ1) is 22.7. The molecule has 3 amide bonds. The standard InChI is InChI=1S/C26H27N3O3/c30-24(15-14-20-8-3-1-4-9-20)29-19-25(31)27-16-17-28-26(32)23-13-7-12-22(18-23)21-10-5-2-6-11-21/h1-13,18H,14-17,19H2,(H,27,31)(H,28,32)(H,29,30). The lowest BCUT2D eigenvalue weighted by Gasteiger charge is -2.09. The van der Waals surface area contributed by atoms with Crippen molar-refractivity contribution in [1.82, 2.24) is 16.0 Å². The van der Waals surface area contributed by atoms with Crippen LogP contribution in [0.2, 0.25) is 0 Å². The molecule has 0 aliphatic carbocycles. The summed E-state index contributed by atoms with van der Waals surface area (Å²) in [5, 5.41) is 8.09. The molecule has 0 saturated carbocycles. The van der Waals surface area contributed by atoms with Gasteiger partial charge in [0.2, 0.25) is 11.8 Å². The first-order chi connectivity index (χ1) is 15.6. The average Bonchev–Trinajstić information content (AvgIpc) is 2.85. The Morgan fingerprint density at radius 2 is 1.28 bits per heavy atom. The molecule has 0 bridgehead atoms. The van der Waals surface area contributed by atoms with Crippen molar-refractivity contribution >= 4 is 17.7 Å². The Bertz CT molecular complexity index is 1040. The number of aryl methyl sites for hydroxylation is 1. The van der Waals surface area contributed by atoms with Gasteiger partial charge in [-0.15, -0.1) is 0 Å². The Hall–Kier alpha value is -3.93. The normalized spacial score (nSPS) is 10.2. The quantitative estimate of drug-likeness (QED) is 0.433. The summed E-state index contributed by atoms with van der Waals surface area (Å²) in [6.45, 7) is 0.492. The van der Waals surface area contributed by atoms with Gasteiger partial charge in [0.1, 0.15) is 0 Å². The molecule has 3 aromatic carbocycles. The van der Waals surface area contributed by atoms with Gasteiger partial charge in [0.15, 0.2) is 0 Å². The summed E-state index contributed by atoms with van der Waals surface area (Å²) in [4.78, 5) is 36.2. The summed E-state index contributed by atoms with van der Waals surface area (Å²) in [7, 11) is 0. The zero-order valence-corrected chi connectivity index (χ0v) is 17.8. The summed E-state index contributed by atoms with van der Waals surface area (Å²) in [6, 6.07) is 27.0. The lowest BCUT2D eigenvalue weighted by Crippen LogP contribution is -2.40. The zero-order chi connectivity index (χ0) is 22.6. The van der Waals surface area contributed by atoms with E-state index in [-0.39, 0.29) is 30.8 Å². The van der Waals surface area contributed by atoms with Gasteiger partial charge in [0, 0.05) is 25.1 Å². The first-order valence-corrected chi connectivity index (χ1v) is 10.6. The van der Waals surface area contributed by atoms with E-state index in [4.69, 9.17) is 0 Å². The molecule has 0 radical (unpaired) electrons. The van der Waals surface area contributed by atoms with Crippen molar-refractivity contribution < 1.29 is 14.4 Å². The zero-order valence-electron chi connectivity index (χ0n) is 17.8. The van der Waals surface area contributed by atoms with Crippen LogP contribution in [0.25, 0.3) is 11.1 Å². The number of rotatable bonds is 10. The molecule has 0 spiro atoms. The van der Waals surface area contributed by atoms with Crippen LogP contribution in [0, 0.1) is 0 Å². The van der Waals surface area contributed by atoms with Crippen LogP contribution in [0.1, 0.15) is 22.3 Å². The Kier molecular flexibility index (Phi) is 8.57. The van der Waals surface area contributed by atoms with Crippen LogP contribution >= 0.6 is 0 Å². The fourth-order valence-electron chi connectivity index (χ4n) is 3.18. The highest BCUT2D eigenvalue weighted by atomic mass is 16.2. The Labute approximate surface area is 188 Å². The van der Waals surface area contributed by atoms with Crippen LogP contribution < -0.4 is 16.0 Å². The van der Waals surface area contributed by atoms with E-state index in [9.17, 15) is 14.4 Å².